The number of sulfonamides is 1. The molecular formula is C15H25N3O4S. The number of rotatable bonds is 3. The van der Waals surface area contributed by atoms with Gasteiger partial charge in [-0.1, -0.05) is 0 Å². The van der Waals surface area contributed by atoms with E-state index in [2.05, 4.69) is 5.10 Å². The van der Waals surface area contributed by atoms with E-state index in [1.165, 1.54) is 4.31 Å². The molecule has 3 rings (SSSR count). The number of aromatic nitrogens is 2. The third kappa shape index (κ3) is 2.82. The second-order valence-corrected chi connectivity index (χ2v) is 8.46. The summed E-state index contributed by atoms with van der Waals surface area (Å²) in [5.41, 5.74) is 1.23. The molecule has 1 spiro atoms. The van der Waals surface area contributed by atoms with Crippen LogP contribution in [0.4, 0.5) is 0 Å². The van der Waals surface area contributed by atoms with E-state index in [1.54, 1.807) is 11.6 Å². The standard InChI is InChI=1S/C15H25N3O4S/c1-11(2)18-13(4)14(12(3)16-18)23(19,20)17-7-5-6-15(10-17)21-8-9-22-15/h11H,5-10H2,1-4H3. The minimum atomic E-state index is -3.61. The SMILES string of the molecule is Cc1nn(C(C)C)c(C)c1S(=O)(=O)N1CCCC2(C1)OCCO2. The molecule has 1 aromatic rings. The Labute approximate surface area is 137 Å². The van der Waals surface area contributed by atoms with Crippen LogP contribution >= 0.6 is 0 Å². The van der Waals surface area contributed by atoms with Crippen LogP contribution in [0.2, 0.25) is 0 Å². The fourth-order valence-electron chi connectivity index (χ4n) is 3.54. The van der Waals surface area contributed by atoms with Gasteiger partial charge in [-0.15, -0.1) is 0 Å². The van der Waals surface area contributed by atoms with Crippen molar-refractivity contribution in [3.63, 3.8) is 0 Å². The van der Waals surface area contributed by atoms with Crippen molar-refractivity contribution in [1.29, 1.82) is 0 Å². The number of piperidine rings is 1. The lowest BCUT2D eigenvalue weighted by molar-refractivity contribution is -0.179. The van der Waals surface area contributed by atoms with Crippen molar-refractivity contribution in [1.82, 2.24) is 14.1 Å². The summed E-state index contributed by atoms with van der Waals surface area (Å²) in [5, 5.41) is 4.41. The largest absolute Gasteiger partial charge is 0.346 e. The van der Waals surface area contributed by atoms with E-state index in [-0.39, 0.29) is 12.6 Å². The molecule has 0 aliphatic carbocycles. The van der Waals surface area contributed by atoms with Crippen LogP contribution in [-0.2, 0) is 19.5 Å². The summed E-state index contributed by atoms with van der Waals surface area (Å²) in [6.45, 7) is 9.34. The fourth-order valence-corrected chi connectivity index (χ4v) is 5.42. The lowest BCUT2D eigenvalue weighted by Crippen LogP contribution is -2.51. The number of hydrogen-bond acceptors (Lipinski definition) is 5. The Morgan fingerprint density at radius 2 is 1.87 bits per heavy atom. The molecule has 0 bridgehead atoms. The Morgan fingerprint density at radius 1 is 1.22 bits per heavy atom. The van der Waals surface area contributed by atoms with E-state index in [9.17, 15) is 8.42 Å². The van der Waals surface area contributed by atoms with Gasteiger partial charge >= 0.3 is 0 Å². The van der Waals surface area contributed by atoms with Crippen molar-refractivity contribution in [3.05, 3.63) is 11.4 Å². The molecule has 2 fully saturated rings. The molecule has 3 heterocycles. The van der Waals surface area contributed by atoms with Gasteiger partial charge in [0.25, 0.3) is 0 Å². The Bertz CT molecular complexity index is 690. The third-order valence-electron chi connectivity index (χ3n) is 4.54. The average Bonchev–Trinajstić information content (AvgIpc) is 3.04. The van der Waals surface area contributed by atoms with Gasteiger partial charge in [0, 0.05) is 19.0 Å². The predicted molar refractivity (Wildman–Crippen MR) is 84.7 cm³/mol. The minimum absolute atomic E-state index is 0.117. The maximum absolute atomic E-state index is 13.2. The number of ether oxygens (including phenoxy) is 2. The minimum Gasteiger partial charge on any atom is -0.346 e. The maximum Gasteiger partial charge on any atom is 0.246 e. The summed E-state index contributed by atoms with van der Waals surface area (Å²) in [5.74, 6) is -0.763. The van der Waals surface area contributed by atoms with Crippen molar-refractivity contribution in [2.45, 2.75) is 57.3 Å². The van der Waals surface area contributed by atoms with Gasteiger partial charge in [0.1, 0.15) is 4.90 Å². The van der Waals surface area contributed by atoms with Gasteiger partial charge in [0.2, 0.25) is 10.0 Å². The molecule has 0 unspecified atom stereocenters. The zero-order valence-corrected chi connectivity index (χ0v) is 15.0. The van der Waals surface area contributed by atoms with Crippen molar-refractivity contribution < 1.29 is 17.9 Å². The van der Waals surface area contributed by atoms with E-state index in [0.717, 1.165) is 12.8 Å². The van der Waals surface area contributed by atoms with Crippen LogP contribution in [0.5, 0.6) is 0 Å². The molecule has 0 aromatic carbocycles. The maximum atomic E-state index is 13.2. The van der Waals surface area contributed by atoms with Gasteiger partial charge < -0.3 is 9.47 Å². The first-order valence-corrected chi connectivity index (χ1v) is 9.55. The molecule has 130 valence electrons. The average molecular weight is 343 g/mol. The lowest BCUT2D eigenvalue weighted by atomic mass is 10.1. The van der Waals surface area contributed by atoms with Gasteiger partial charge in [-0.05, 0) is 34.1 Å². The molecule has 0 radical (unpaired) electrons. The zero-order chi connectivity index (χ0) is 16.8. The highest BCUT2D eigenvalue weighted by atomic mass is 32.2. The second-order valence-electron chi connectivity index (χ2n) is 6.59. The highest BCUT2D eigenvalue weighted by molar-refractivity contribution is 7.89. The topological polar surface area (TPSA) is 73.7 Å². The first-order chi connectivity index (χ1) is 10.8. The van der Waals surface area contributed by atoms with Crippen LogP contribution in [-0.4, -0.2) is 54.6 Å². The Balaban J connectivity index is 1.95. The second kappa shape index (κ2) is 5.84. The summed E-state index contributed by atoms with van der Waals surface area (Å²) in [7, 11) is -3.61. The molecule has 2 saturated heterocycles. The molecule has 0 atom stereocenters. The number of aryl methyl sites for hydroxylation is 1. The van der Waals surface area contributed by atoms with E-state index >= 15 is 0 Å². The quantitative estimate of drug-likeness (QED) is 0.833. The molecule has 0 amide bonds. The highest BCUT2D eigenvalue weighted by Crippen LogP contribution is 2.34. The van der Waals surface area contributed by atoms with Crippen LogP contribution in [0, 0.1) is 13.8 Å². The smallest absolute Gasteiger partial charge is 0.246 e. The van der Waals surface area contributed by atoms with Gasteiger partial charge in [0.15, 0.2) is 5.79 Å². The number of hydrogen-bond donors (Lipinski definition) is 0. The van der Waals surface area contributed by atoms with Gasteiger partial charge in [-0.2, -0.15) is 9.40 Å². The van der Waals surface area contributed by atoms with Crippen LogP contribution < -0.4 is 0 Å². The third-order valence-corrected chi connectivity index (χ3v) is 6.64. The zero-order valence-electron chi connectivity index (χ0n) is 14.2. The van der Waals surface area contributed by atoms with Crippen LogP contribution in [0.25, 0.3) is 0 Å². The van der Waals surface area contributed by atoms with Crippen LogP contribution in [0.15, 0.2) is 4.90 Å². The fraction of sp³-hybridized carbons (Fsp3) is 0.800. The summed E-state index contributed by atoms with van der Waals surface area (Å²) in [6, 6.07) is 0.117. The van der Waals surface area contributed by atoms with E-state index in [1.807, 2.05) is 20.8 Å². The Kier molecular flexibility index (Phi) is 4.29. The molecule has 1 aromatic heterocycles. The first-order valence-electron chi connectivity index (χ1n) is 8.11. The first kappa shape index (κ1) is 16.9. The number of nitrogens with zero attached hydrogens (tertiary/aromatic N) is 3. The van der Waals surface area contributed by atoms with Crippen LogP contribution in [0.3, 0.4) is 0 Å². The highest BCUT2D eigenvalue weighted by Gasteiger charge is 2.45. The van der Waals surface area contributed by atoms with Crippen LogP contribution in [0.1, 0.15) is 44.1 Å². The normalized spacial score (nSPS) is 22.3. The van der Waals surface area contributed by atoms with Crippen molar-refractivity contribution >= 4 is 10.0 Å². The predicted octanol–water partition coefficient (Wildman–Crippen LogP) is 1.61. The monoisotopic (exact) mass is 343 g/mol. The summed E-state index contributed by atoms with van der Waals surface area (Å²) in [6.07, 6.45) is 1.47. The van der Waals surface area contributed by atoms with Crippen molar-refractivity contribution in [2.75, 3.05) is 26.3 Å². The van der Waals surface area contributed by atoms with E-state index < -0.39 is 15.8 Å². The molecule has 0 N–H and O–H groups in total. The van der Waals surface area contributed by atoms with Crippen molar-refractivity contribution in [3.8, 4) is 0 Å². The molecule has 2 aliphatic heterocycles. The van der Waals surface area contributed by atoms with Crippen molar-refractivity contribution in [2.24, 2.45) is 0 Å². The summed E-state index contributed by atoms with van der Waals surface area (Å²) >= 11 is 0. The Hall–Kier alpha value is -0.960. The van der Waals surface area contributed by atoms with Gasteiger partial charge in [-0.3, -0.25) is 4.68 Å². The Morgan fingerprint density at radius 3 is 2.43 bits per heavy atom. The molecule has 7 nitrogen and oxygen atoms in total. The van der Waals surface area contributed by atoms with Gasteiger partial charge in [-0.25, -0.2) is 8.42 Å². The molecule has 8 heteroatoms. The molecular weight excluding hydrogens is 318 g/mol. The lowest BCUT2D eigenvalue weighted by Gasteiger charge is -2.37. The molecule has 2 aliphatic rings. The van der Waals surface area contributed by atoms with E-state index in [4.69, 9.17) is 9.47 Å². The molecule has 0 saturated carbocycles. The summed E-state index contributed by atoms with van der Waals surface area (Å²) in [4.78, 5) is 0.321. The van der Waals surface area contributed by atoms with E-state index in [0.29, 0.717) is 36.0 Å². The molecule has 23 heavy (non-hydrogen) atoms. The summed E-state index contributed by atoms with van der Waals surface area (Å²) < 4.78 is 41.0. The van der Waals surface area contributed by atoms with Gasteiger partial charge in [0.05, 0.1) is 31.1 Å².